The number of carbonyl (C=O) groups excluding carboxylic acids is 2. The van der Waals surface area contributed by atoms with Gasteiger partial charge in [-0.1, -0.05) is 18.2 Å². The minimum atomic E-state index is -0.495. The summed E-state index contributed by atoms with van der Waals surface area (Å²) < 4.78 is 5.49. The number of nitrogens with zero attached hydrogens (tertiary/aromatic N) is 1. The number of carbonyl (C=O) groups is 2. The minimum absolute atomic E-state index is 0.0126. The summed E-state index contributed by atoms with van der Waals surface area (Å²) in [5.74, 6) is -0.219. The first kappa shape index (κ1) is 29.9. The highest BCUT2D eigenvalue weighted by atomic mass is 32.1. The lowest BCUT2D eigenvalue weighted by molar-refractivity contribution is -0.154. The van der Waals surface area contributed by atoms with Crippen LogP contribution in [0.3, 0.4) is 0 Å². The van der Waals surface area contributed by atoms with Gasteiger partial charge in [0.05, 0.1) is 12.5 Å². The standard InChI is InChI=1S/C35H43N3O3S/c1-23-9-13-27(30(19-23)38-17-7-6-8-18-38)34(31-15-10-24(2)42-31)37-32(39)21-25-11-14-29-28(20-25)26(22-36-29)12-16-33(40)41-35(3,4)5/h9-11,13-15,19-20,22,34,36H,6-8,12,16-18,21H2,1-5H3,(H,37,39). The van der Waals surface area contributed by atoms with Crippen molar-refractivity contribution in [2.45, 2.75) is 84.8 Å². The summed E-state index contributed by atoms with van der Waals surface area (Å²) in [7, 11) is 0. The van der Waals surface area contributed by atoms with Gasteiger partial charge in [0.2, 0.25) is 5.91 Å². The molecule has 1 unspecified atom stereocenters. The number of aromatic nitrogens is 1. The van der Waals surface area contributed by atoms with Gasteiger partial charge in [-0.3, -0.25) is 9.59 Å². The molecule has 7 heteroatoms. The Bertz CT molecular complexity index is 1560. The molecule has 0 saturated carbocycles. The Labute approximate surface area is 253 Å². The molecular weight excluding hydrogens is 542 g/mol. The van der Waals surface area contributed by atoms with Crippen LogP contribution in [0, 0.1) is 13.8 Å². The molecule has 2 aromatic heterocycles. The molecule has 5 rings (SSSR count). The van der Waals surface area contributed by atoms with Crippen LogP contribution in [-0.4, -0.2) is 35.6 Å². The van der Waals surface area contributed by atoms with Crippen molar-refractivity contribution in [2.75, 3.05) is 18.0 Å². The lowest BCUT2D eigenvalue weighted by Crippen LogP contribution is -2.34. The van der Waals surface area contributed by atoms with Crippen molar-refractivity contribution in [3.8, 4) is 0 Å². The molecule has 1 fully saturated rings. The Hall–Kier alpha value is -3.58. The van der Waals surface area contributed by atoms with Crippen LogP contribution < -0.4 is 10.2 Å². The van der Waals surface area contributed by atoms with Gasteiger partial charge in [0.1, 0.15) is 5.60 Å². The van der Waals surface area contributed by atoms with E-state index in [9.17, 15) is 9.59 Å². The van der Waals surface area contributed by atoms with Gasteiger partial charge < -0.3 is 19.9 Å². The first-order chi connectivity index (χ1) is 20.1. The molecule has 1 saturated heterocycles. The van der Waals surface area contributed by atoms with Crippen molar-refractivity contribution in [3.05, 3.63) is 86.7 Å². The molecule has 0 bridgehead atoms. The molecular formula is C35H43N3O3S. The Morgan fingerprint density at radius 1 is 1.02 bits per heavy atom. The van der Waals surface area contributed by atoms with Gasteiger partial charge in [0, 0.05) is 57.6 Å². The van der Waals surface area contributed by atoms with Gasteiger partial charge in [-0.2, -0.15) is 0 Å². The van der Waals surface area contributed by atoms with Crippen LogP contribution in [0.15, 0.2) is 54.7 Å². The van der Waals surface area contributed by atoms with Crippen molar-refractivity contribution in [2.24, 2.45) is 0 Å². The van der Waals surface area contributed by atoms with Gasteiger partial charge in [-0.05, 0) is 107 Å². The van der Waals surface area contributed by atoms with Crippen LogP contribution in [0.25, 0.3) is 10.9 Å². The molecule has 0 radical (unpaired) electrons. The van der Waals surface area contributed by atoms with E-state index in [1.165, 1.54) is 35.4 Å². The summed E-state index contributed by atoms with van der Waals surface area (Å²) in [4.78, 5) is 34.1. The number of aryl methyl sites for hydroxylation is 3. The van der Waals surface area contributed by atoms with Crippen molar-refractivity contribution < 1.29 is 14.3 Å². The van der Waals surface area contributed by atoms with E-state index in [-0.39, 0.29) is 24.3 Å². The number of ether oxygens (including phenoxy) is 1. The van der Waals surface area contributed by atoms with Gasteiger partial charge in [0.25, 0.3) is 0 Å². The highest BCUT2D eigenvalue weighted by Gasteiger charge is 2.25. The molecule has 6 nitrogen and oxygen atoms in total. The van der Waals surface area contributed by atoms with E-state index in [0.717, 1.165) is 45.6 Å². The van der Waals surface area contributed by atoms with E-state index < -0.39 is 5.60 Å². The zero-order chi connectivity index (χ0) is 29.9. The third kappa shape index (κ3) is 7.43. The second kappa shape index (κ2) is 12.7. The van der Waals surface area contributed by atoms with Gasteiger partial charge in [-0.25, -0.2) is 0 Å². The summed E-state index contributed by atoms with van der Waals surface area (Å²) in [6.45, 7) is 12.0. The van der Waals surface area contributed by atoms with Crippen molar-refractivity contribution in [1.82, 2.24) is 10.3 Å². The molecule has 1 aliphatic heterocycles. The molecule has 0 aliphatic carbocycles. The molecule has 0 spiro atoms. The third-order valence-corrected chi connectivity index (χ3v) is 8.83. The number of rotatable bonds is 9. The molecule has 4 aromatic rings. The molecule has 2 N–H and O–H groups in total. The Morgan fingerprint density at radius 3 is 2.52 bits per heavy atom. The number of thiophene rings is 1. The molecule has 222 valence electrons. The normalized spacial score (nSPS) is 14.6. The number of aromatic amines is 1. The largest absolute Gasteiger partial charge is 0.460 e. The second-order valence-corrected chi connectivity index (χ2v) is 13.8. The highest BCUT2D eigenvalue weighted by Crippen LogP contribution is 2.36. The predicted octanol–water partition coefficient (Wildman–Crippen LogP) is 7.56. The van der Waals surface area contributed by atoms with Gasteiger partial charge >= 0.3 is 5.97 Å². The molecule has 42 heavy (non-hydrogen) atoms. The highest BCUT2D eigenvalue weighted by molar-refractivity contribution is 7.12. The monoisotopic (exact) mass is 585 g/mol. The zero-order valence-corrected chi connectivity index (χ0v) is 26.3. The number of hydrogen-bond acceptors (Lipinski definition) is 5. The maximum atomic E-state index is 13.6. The number of hydrogen-bond donors (Lipinski definition) is 2. The number of amides is 1. The number of benzene rings is 2. The van der Waals surface area contributed by atoms with E-state index in [4.69, 9.17) is 4.74 Å². The average molecular weight is 586 g/mol. The topological polar surface area (TPSA) is 74.4 Å². The summed E-state index contributed by atoms with van der Waals surface area (Å²) in [6, 6.07) is 16.8. The molecule has 1 amide bonds. The van der Waals surface area contributed by atoms with Crippen LogP contribution in [0.4, 0.5) is 5.69 Å². The first-order valence-corrected chi connectivity index (χ1v) is 15.9. The summed E-state index contributed by atoms with van der Waals surface area (Å²) in [6.07, 6.45) is 6.79. The number of anilines is 1. The van der Waals surface area contributed by atoms with Crippen LogP contribution in [0.1, 0.15) is 84.5 Å². The van der Waals surface area contributed by atoms with Crippen molar-refractivity contribution >= 4 is 39.8 Å². The molecule has 2 aromatic carbocycles. The first-order valence-electron chi connectivity index (χ1n) is 15.1. The van der Waals surface area contributed by atoms with Gasteiger partial charge in [-0.15, -0.1) is 11.3 Å². The maximum Gasteiger partial charge on any atom is 0.306 e. The fourth-order valence-electron chi connectivity index (χ4n) is 5.79. The fourth-order valence-corrected chi connectivity index (χ4v) is 6.73. The van der Waals surface area contributed by atoms with E-state index in [1.54, 1.807) is 11.3 Å². The SMILES string of the molecule is Cc1ccc(C(NC(=O)Cc2ccc3[nH]cc(CCC(=O)OC(C)(C)C)c3c2)c2ccc(C)s2)c(N2CCCCC2)c1. The van der Waals surface area contributed by atoms with E-state index >= 15 is 0 Å². The van der Waals surface area contributed by atoms with Crippen LogP contribution in [0.2, 0.25) is 0 Å². The van der Waals surface area contributed by atoms with Crippen LogP contribution in [0.5, 0.6) is 0 Å². The number of nitrogens with one attached hydrogen (secondary N) is 2. The van der Waals surface area contributed by atoms with Crippen LogP contribution >= 0.6 is 11.3 Å². The lowest BCUT2D eigenvalue weighted by Gasteiger charge is -2.33. The quantitative estimate of drug-likeness (QED) is 0.199. The Kier molecular flexibility index (Phi) is 9.07. The molecule has 1 aliphatic rings. The van der Waals surface area contributed by atoms with Gasteiger partial charge in [0.15, 0.2) is 0 Å². The van der Waals surface area contributed by atoms with Crippen molar-refractivity contribution in [1.29, 1.82) is 0 Å². The van der Waals surface area contributed by atoms with Crippen molar-refractivity contribution in [3.63, 3.8) is 0 Å². The maximum absolute atomic E-state index is 13.6. The summed E-state index contributed by atoms with van der Waals surface area (Å²) in [5.41, 5.74) is 6.11. The zero-order valence-electron chi connectivity index (χ0n) is 25.5. The lowest BCUT2D eigenvalue weighted by atomic mass is 9.98. The van der Waals surface area contributed by atoms with E-state index in [1.807, 2.05) is 39.1 Å². The van der Waals surface area contributed by atoms with E-state index in [2.05, 4.69) is 65.4 Å². The predicted molar refractivity (Wildman–Crippen MR) is 172 cm³/mol. The summed E-state index contributed by atoms with van der Waals surface area (Å²) >= 11 is 1.74. The van der Waals surface area contributed by atoms with E-state index in [0.29, 0.717) is 12.8 Å². The summed E-state index contributed by atoms with van der Waals surface area (Å²) in [5, 5.41) is 4.45. The average Bonchev–Trinajstić information content (AvgIpc) is 3.56. The number of piperidine rings is 1. The number of H-pyrrole nitrogens is 1. The third-order valence-electron chi connectivity index (χ3n) is 7.76. The van der Waals surface area contributed by atoms with Crippen LogP contribution in [-0.2, 0) is 27.2 Å². The molecule has 1 atom stereocenters. The Morgan fingerprint density at radius 2 is 1.81 bits per heavy atom. The Balaban J connectivity index is 1.36. The minimum Gasteiger partial charge on any atom is -0.460 e. The smallest absolute Gasteiger partial charge is 0.306 e. The fraction of sp³-hybridized carbons (Fsp3) is 0.429. The number of esters is 1. The second-order valence-electron chi connectivity index (χ2n) is 12.5. The number of fused-ring (bicyclic) bond motifs is 1. The molecule has 3 heterocycles.